The largest absolute Gasteiger partial charge is 0.446 e. The van der Waals surface area contributed by atoms with E-state index in [1.165, 1.54) is 11.2 Å². The second-order valence-corrected chi connectivity index (χ2v) is 6.97. The summed E-state index contributed by atoms with van der Waals surface area (Å²) in [4.78, 5) is 23.2. The second-order valence-electron chi connectivity index (χ2n) is 6.97. The maximum absolute atomic E-state index is 12.8. The molecule has 0 unspecified atom stereocenters. The van der Waals surface area contributed by atoms with Crippen molar-refractivity contribution in [2.24, 2.45) is 0 Å². The minimum absolute atomic E-state index is 0.184. The van der Waals surface area contributed by atoms with Gasteiger partial charge in [0.05, 0.1) is 12.3 Å². The fourth-order valence-corrected chi connectivity index (χ4v) is 3.19. The second kappa shape index (κ2) is 7.44. The van der Waals surface area contributed by atoms with Gasteiger partial charge in [-0.25, -0.2) is 9.78 Å². The molecule has 144 valence electrons. The fraction of sp³-hybridized carbons (Fsp3) is 0.286. The SMILES string of the molecule is CC1(C)OC[C@@H](c2nc(-c3ccccn3)co2)N1C(=O)OCc1ccccc1. The van der Waals surface area contributed by atoms with Gasteiger partial charge in [0.25, 0.3) is 0 Å². The molecule has 1 fully saturated rings. The standard InChI is InChI=1S/C21H21N3O4/c1-21(2)24(20(25)27-12-15-8-4-3-5-9-15)18(14-28-21)19-23-17(13-26-19)16-10-6-7-11-22-16/h3-11,13,18H,12,14H2,1-2H3/t18-/m0/s1. The number of carbonyl (C=O) groups excluding carboxylic acids is 1. The number of amides is 1. The molecule has 28 heavy (non-hydrogen) atoms. The van der Waals surface area contributed by atoms with E-state index in [2.05, 4.69) is 9.97 Å². The van der Waals surface area contributed by atoms with Crippen LogP contribution in [0.5, 0.6) is 0 Å². The van der Waals surface area contributed by atoms with Crippen LogP contribution in [0.25, 0.3) is 11.4 Å². The predicted octanol–water partition coefficient (Wildman–Crippen LogP) is 4.18. The van der Waals surface area contributed by atoms with Crippen LogP contribution >= 0.6 is 0 Å². The number of rotatable bonds is 4. The monoisotopic (exact) mass is 379 g/mol. The van der Waals surface area contributed by atoms with E-state index in [-0.39, 0.29) is 13.2 Å². The number of hydrogen-bond acceptors (Lipinski definition) is 6. The minimum atomic E-state index is -0.835. The van der Waals surface area contributed by atoms with Gasteiger partial charge < -0.3 is 13.9 Å². The summed E-state index contributed by atoms with van der Waals surface area (Å²) < 4.78 is 17.0. The molecule has 0 N–H and O–H groups in total. The summed E-state index contributed by atoms with van der Waals surface area (Å²) in [6.45, 7) is 4.10. The number of pyridine rings is 1. The highest BCUT2D eigenvalue weighted by Gasteiger charge is 2.47. The van der Waals surface area contributed by atoms with E-state index in [4.69, 9.17) is 13.9 Å². The lowest BCUT2D eigenvalue weighted by atomic mass is 10.2. The van der Waals surface area contributed by atoms with E-state index >= 15 is 0 Å². The third-order valence-corrected chi connectivity index (χ3v) is 4.62. The molecule has 1 amide bonds. The normalized spacial score (nSPS) is 18.2. The zero-order chi connectivity index (χ0) is 19.6. The maximum atomic E-state index is 12.8. The third-order valence-electron chi connectivity index (χ3n) is 4.62. The summed E-state index contributed by atoms with van der Waals surface area (Å²) in [5, 5.41) is 0. The number of nitrogens with zero attached hydrogens (tertiary/aromatic N) is 3. The molecule has 1 saturated heterocycles. The van der Waals surface area contributed by atoms with Crippen LogP contribution in [0.3, 0.4) is 0 Å². The van der Waals surface area contributed by atoms with Crippen molar-refractivity contribution in [3.05, 3.63) is 72.4 Å². The molecule has 7 heteroatoms. The molecule has 3 aromatic rings. The van der Waals surface area contributed by atoms with Crippen LogP contribution in [0, 0.1) is 0 Å². The Balaban J connectivity index is 1.53. The molecule has 0 saturated carbocycles. The van der Waals surface area contributed by atoms with Crippen molar-refractivity contribution in [2.45, 2.75) is 32.2 Å². The van der Waals surface area contributed by atoms with E-state index in [1.807, 2.05) is 62.4 Å². The van der Waals surface area contributed by atoms with Crippen molar-refractivity contribution in [1.82, 2.24) is 14.9 Å². The van der Waals surface area contributed by atoms with Gasteiger partial charge in [-0.05, 0) is 31.5 Å². The molecule has 7 nitrogen and oxygen atoms in total. The quantitative estimate of drug-likeness (QED) is 0.677. The summed E-state index contributed by atoms with van der Waals surface area (Å²) in [5.41, 5.74) is 1.39. The van der Waals surface area contributed by atoms with Gasteiger partial charge >= 0.3 is 6.09 Å². The topological polar surface area (TPSA) is 77.7 Å². The van der Waals surface area contributed by atoms with Gasteiger partial charge in [0.2, 0.25) is 5.89 Å². The summed E-state index contributed by atoms with van der Waals surface area (Å²) in [5.74, 6) is 0.392. The van der Waals surface area contributed by atoms with Crippen molar-refractivity contribution in [3.8, 4) is 11.4 Å². The average Bonchev–Trinajstić information content (AvgIpc) is 3.32. The Morgan fingerprint density at radius 1 is 1.18 bits per heavy atom. The average molecular weight is 379 g/mol. The highest BCUT2D eigenvalue weighted by molar-refractivity contribution is 5.69. The van der Waals surface area contributed by atoms with Crippen molar-refractivity contribution < 1.29 is 18.7 Å². The molecule has 1 aliphatic heterocycles. The fourth-order valence-electron chi connectivity index (χ4n) is 3.19. The molecular weight excluding hydrogens is 358 g/mol. The third kappa shape index (κ3) is 3.61. The lowest BCUT2D eigenvalue weighted by Gasteiger charge is -2.31. The number of aromatic nitrogens is 2. The Morgan fingerprint density at radius 2 is 1.96 bits per heavy atom. The number of carbonyl (C=O) groups is 1. The van der Waals surface area contributed by atoms with Crippen molar-refractivity contribution in [2.75, 3.05) is 6.61 Å². The van der Waals surface area contributed by atoms with Crippen LogP contribution in [0.15, 0.2) is 65.4 Å². The van der Waals surface area contributed by atoms with Crippen molar-refractivity contribution in [3.63, 3.8) is 0 Å². The molecule has 0 bridgehead atoms. The van der Waals surface area contributed by atoms with Gasteiger partial charge in [0.1, 0.15) is 30.3 Å². The Bertz CT molecular complexity index is 941. The highest BCUT2D eigenvalue weighted by Crippen LogP contribution is 2.37. The van der Waals surface area contributed by atoms with E-state index in [1.54, 1.807) is 6.20 Å². The maximum Gasteiger partial charge on any atom is 0.413 e. The summed E-state index contributed by atoms with van der Waals surface area (Å²) in [6.07, 6.45) is 2.75. The predicted molar refractivity (Wildman–Crippen MR) is 101 cm³/mol. The molecule has 0 spiro atoms. The molecule has 1 aliphatic rings. The Morgan fingerprint density at radius 3 is 2.71 bits per heavy atom. The van der Waals surface area contributed by atoms with Crippen molar-refractivity contribution >= 4 is 6.09 Å². The van der Waals surface area contributed by atoms with E-state index in [0.29, 0.717) is 17.3 Å². The van der Waals surface area contributed by atoms with Crippen molar-refractivity contribution in [1.29, 1.82) is 0 Å². The number of benzene rings is 1. The molecule has 4 rings (SSSR count). The lowest BCUT2D eigenvalue weighted by molar-refractivity contribution is -0.0500. The molecule has 1 aromatic carbocycles. The first kappa shape index (κ1) is 18.2. The number of hydrogen-bond donors (Lipinski definition) is 0. The molecule has 1 atom stereocenters. The van der Waals surface area contributed by atoms with Gasteiger partial charge in [0, 0.05) is 6.20 Å². The lowest BCUT2D eigenvalue weighted by Crippen LogP contribution is -2.45. The molecular formula is C21H21N3O4. The van der Waals surface area contributed by atoms with E-state index < -0.39 is 17.9 Å². The summed E-state index contributed by atoms with van der Waals surface area (Å²) in [6, 6.07) is 14.6. The van der Waals surface area contributed by atoms with Crippen LogP contribution in [-0.4, -0.2) is 33.3 Å². The van der Waals surface area contributed by atoms with Gasteiger partial charge in [-0.15, -0.1) is 0 Å². The highest BCUT2D eigenvalue weighted by atomic mass is 16.6. The first-order valence-corrected chi connectivity index (χ1v) is 9.05. The molecule has 2 aromatic heterocycles. The van der Waals surface area contributed by atoms with E-state index in [0.717, 1.165) is 5.56 Å². The number of ether oxygens (including phenoxy) is 2. The van der Waals surface area contributed by atoms with E-state index in [9.17, 15) is 4.79 Å². The van der Waals surface area contributed by atoms with Crippen LogP contribution < -0.4 is 0 Å². The van der Waals surface area contributed by atoms with Crippen LogP contribution in [0.2, 0.25) is 0 Å². The smallest absolute Gasteiger partial charge is 0.413 e. The Kier molecular flexibility index (Phi) is 4.83. The van der Waals surface area contributed by atoms with Gasteiger partial charge in [-0.1, -0.05) is 36.4 Å². The Hall–Kier alpha value is -3.19. The summed E-state index contributed by atoms with van der Waals surface area (Å²) in [7, 11) is 0. The first-order valence-electron chi connectivity index (χ1n) is 9.05. The minimum Gasteiger partial charge on any atom is -0.446 e. The van der Waals surface area contributed by atoms with Crippen LogP contribution in [-0.2, 0) is 16.1 Å². The first-order chi connectivity index (χ1) is 13.5. The summed E-state index contributed by atoms with van der Waals surface area (Å²) >= 11 is 0. The van der Waals surface area contributed by atoms with Crippen LogP contribution in [0.1, 0.15) is 31.3 Å². The van der Waals surface area contributed by atoms with Gasteiger partial charge in [-0.2, -0.15) is 0 Å². The van der Waals surface area contributed by atoms with Crippen LogP contribution in [0.4, 0.5) is 4.79 Å². The van der Waals surface area contributed by atoms with Gasteiger partial charge in [0.15, 0.2) is 0 Å². The zero-order valence-electron chi connectivity index (χ0n) is 15.7. The molecule has 0 radical (unpaired) electrons. The zero-order valence-corrected chi connectivity index (χ0v) is 15.7. The Labute approximate surface area is 162 Å². The number of oxazole rings is 1. The van der Waals surface area contributed by atoms with Gasteiger partial charge in [-0.3, -0.25) is 9.88 Å². The molecule has 3 heterocycles. The molecule has 0 aliphatic carbocycles.